The first-order chi connectivity index (χ1) is 7.18. The Morgan fingerprint density at radius 2 is 2.13 bits per heavy atom. The van der Waals surface area contributed by atoms with Crippen molar-refractivity contribution in [3.05, 3.63) is 28.7 Å². The van der Waals surface area contributed by atoms with Gasteiger partial charge >= 0.3 is 11.9 Å². The van der Waals surface area contributed by atoms with E-state index in [1.54, 1.807) is 12.1 Å². The van der Waals surface area contributed by atoms with Crippen LogP contribution in [-0.4, -0.2) is 25.0 Å². The maximum Gasteiger partial charge on any atom is 0.397 e. The highest BCUT2D eigenvalue weighted by Gasteiger charge is 2.29. The lowest BCUT2D eigenvalue weighted by molar-refractivity contribution is -0.156. The summed E-state index contributed by atoms with van der Waals surface area (Å²) in [4.78, 5) is 23.9. The first kappa shape index (κ1) is 10.2. The number of anilines is 1. The molecule has 1 aliphatic rings. The molecule has 1 aromatic rings. The molecule has 1 saturated heterocycles. The van der Waals surface area contributed by atoms with E-state index < -0.39 is 11.9 Å². The maximum atomic E-state index is 11.5. The van der Waals surface area contributed by atoms with Crippen molar-refractivity contribution < 1.29 is 14.3 Å². The summed E-state index contributed by atoms with van der Waals surface area (Å²) in [5.74, 6) is -1.40. The van der Waals surface area contributed by atoms with Crippen LogP contribution in [0.2, 0.25) is 0 Å². The lowest BCUT2D eigenvalue weighted by Crippen LogP contribution is -2.45. The number of cyclic esters (lactones) is 1. The van der Waals surface area contributed by atoms with Crippen molar-refractivity contribution in [1.82, 2.24) is 0 Å². The third kappa shape index (κ3) is 2.02. The zero-order valence-electron chi connectivity index (χ0n) is 7.77. The number of amides is 1. The molecule has 0 unspecified atom stereocenters. The second kappa shape index (κ2) is 4.02. The molecule has 1 fully saturated rings. The minimum absolute atomic E-state index is 0.247. The molecule has 0 radical (unpaired) electrons. The van der Waals surface area contributed by atoms with Crippen LogP contribution in [0.5, 0.6) is 0 Å². The topological polar surface area (TPSA) is 46.6 Å². The molecule has 0 saturated carbocycles. The molecule has 0 aliphatic carbocycles. The molecule has 1 aromatic carbocycles. The van der Waals surface area contributed by atoms with Gasteiger partial charge in [0.25, 0.3) is 0 Å². The van der Waals surface area contributed by atoms with E-state index in [9.17, 15) is 9.59 Å². The highest BCUT2D eigenvalue weighted by Crippen LogP contribution is 2.21. The third-order valence-electron chi connectivity index (χ3n) is 2.09. The van der Waals surface area contributed by atoms with Crippen molar-refractivity contribution in [3.8, 4) is 0 Å². The van der Waals surface area contributed by atoms with Crippen LogP contribution in [0.15, 0.2) is 28.7 Å². The molecule has 0 atom stereocenters. The Bertz CT molecular complexity index is 419. The third-order valence-corrected chi connectivity index (χ3v) is 2.58. The fourth-order valence-corrected chi connectivity index (χ4v) is 1.78. The van der Waals surface area contributed by atoms with Gasteiger partial charge in [-0.05, 0) is 18.2 Å². The van der Waals surface area contributed by atoms with Gasteiger partial charge in [0.05, 0.1) is 6.54 Å². The quantitative estimate of drug-likeness (QED) is 0.571. The van der Waals surface area contributed by atoms with E-state index in [2.05, 4.69) is 20.7 Å². The number of carbonyl (C=O) groups is 2. The molecular formula is C10H8BrNO3. The van der Waals surface area contributed by atoms with Gasteiger partial charge in [-0.25, -0.2) is 4.79 Å². The molecule has 1 heterocycles. The first-order valence-corrected chi connectivity index (χ1v) is 5.22. The standard InChI is InChI=1S/C10H8BrNO3/c11-7-2-1-3-8(6-7)12-4-5-15-10(14)9(12)13/h1-3,6H,4-5H2. The number of morpholine rings is 1. The lowest BCUT2D eigenvalue weighted by atomic mass is 10.2. The molecule has 1 amide bonds. The summed E-state index contributed by atoms with van der Waals surface area (Å²) in [6.07, 6.45) is 0. The minimum Gasteiger partial charge on any atom is -0.457 e. The number of nitrogens with zero attached hydrogens (tertiary/aromatic N) is 1. The zero-order chi connectivity index (χ0) is 10.8. The van der Waals surface area contributed by atoms with Crippen LogP contribution in [-0.2, 0) is 14.3 Å². The highest BCUT2D eigenvalue weighted by molar-refractivity contribution is 9.10. The average Bonchev–Trinajstić information content (AvgIpc) is 2.22. The van der Waals surface area contributed by atoms with Crippen LogP contribution >= 0.6 is 15.9 Å². The van der Waals surface area contributed by atoms with Crippen LogP contribution in [0.3, 0.4) is 0 Å². The summed E-state index contributed by atoms with van der Waals surface area (Å²) in [5.41, 5.74) is 0.700. The number of hydrogen-bond acceptors (Lipinski definition) is 3. The van der Waals surface area contributed by atoms with E-state index in [0.29, 0.717) is 12.2 Å². The SMILES string of the molecule is O=C1OCCN(c2cccc(Br)c2)C1=O. The summed E-state index contributed by atoms with van der Waals surface area (Å²) < 4.78 is 5.50. The van der Waals surface area contributed by atoms with Crippen molar-refractivity contribution in [2.24, 2.45) is 0 Å². The number of carbonyl (C=O) groups excluding carboxylic acids is 2. The Morgan fingerprint density at radius 1 is 1.33 bits per heavy atom. The number of benzene rings is 1. The van der Waals surface area contributed by atoms with Crippen LogP contribution in [0.1, 0.15) is 0 Å². The fourth-order valence-electron chi connectivity index (χ4n) is 1.39. The van der Waals surface area contributed by atoms with Gasteiger partial charge in [0.15, 0.2) is 0 Å². The molecule has 78 valence electrons. The number of ether oxygens (including phenoxy) is 1. The molecule has 5 heteroatoms. The van der Waals surface area contributed by atoms with Gasteiger partial charge in [-0.2, -0.15) is 0 Å². The minimum atomic E-state index is -0.791. The molecule has 0 aromatic heterocycles. The lowest BCUT2D eigenvalue weighted by Gasteiger charge is -2.25. The smallest absolute Gasteiger partial charge is 0.397 e. The molecule has 2 rings (SSSR count). The number of hydrogen-bond donors (Lipinski definition) is 0. The van der Waals surface area contributed by atoms with Crippen LogP contribution in [0, 0.1) is 0 Å². The van der Waals surface area contributed by atoms with E-state index in [1.807, 2.05) is 12.1 Å². The first-order valence-electron chi connectivity index (χ1n) is 4.42. The Morgan fingerprint density at radius 3 is 2.87 bits per heavy atom. The Balaban J connectivity index is 2.30. The number of halogens is 1. The van der Waals surface area contributed by atoms with Crippen molar-refractivity contribution in [2.45, 2.75) is 0 Å². The van der Waals surface area contributed by atoms with Crippen molar-refractivity contribution >= 4 is 33.5 Å². The second-order valence-corrected chi connectivity index (χ2v) is 3.99. The molecular weight excluding hydrogens is 262 g/mol. The fraction of sp³-hybridized carbons (Fsp3) is 0.200. The normalized spacial score (nSPS) is 16.5. The molecule has 15 heavy (non-hydrogen) atoms. The summed E-state index contributed by atoms with van der Waals surface area (Å²) >= 11 is 3.31. The molecule has 0 bridgehead atoms. The number of esters is 1. The zero-order valence-corrected chi connectivity index (χ0v) is 9.36. The molecule has 0 spiro atoms. The predicted molar refractivity (Wildman–Crippen MR) is 57.5 cm³/mol. The molecule has 1 aliphatic heterocycles. The van der Waals surface area contributed by atoms with E-state index in [-0.39, 0.29) is 6.61 Å². The largest absolute Gasteiger partial charge is 0.457 e. The molecule has 0 N–H and O–H groups in total. The van der Waals surface area contributed by atoms with E-state index >= 15 is 0 Å². The average molecular weight is 270 g/mol. The Hall–Kier alpha value is -1.36. The summed E-state index contributed by atoms with van der Waals surface area (Å²) in [7, 11) is 0. The van der Waals surface area contributed by atoms with E-state index in [1.165, 1.54) is 4.90 Å². The van der Waals surface area contributed by atoms with Crippen LogP contribution in [0.25, 0.3) is 0 Å². The second-order valence-electron chi connectivity index (χ2n) is 3.07. The van der Waals surface area contributed by atoms with Gasteiger partial charge in [-0.3, -0.25) is 9.69 Å². The summed E-state index contributed by atoms with van der Waals surface area (Å²) in [6.45, 7) is 0.651. The van der Waals surface area contributed by atoms with E-state index in [0.717, 1.165) is 4.47 Å². The van der Waals surface area contributed by atoms with Gasteiger partial charge in [0.1, 0.15) is 6.61 Å². The summed E-state index contributed by atoms with van der Waals surface area (Å²) in [5, 5.41) is 0. The van der Waals surface area contributed by atoms with Gasteiger partial charge in [-0.15, -0.1) is 0 Å². The predicted octanol–water partition coefficient (Wildman–Crippen LogP) is 1.34. The van der Waals surface area contributed by atoms with Gasteiger partial charge in [-0.1, -0.05) is 22.0 Å². The van der Waals surface area contributed by atoms with Crippen molar-refractivity contribution in [1.29, 1.82) is 0 Å². The van der Waals surface area contributed by atoms with Crippen molar-refractivity contribution in [3.63, 3.8) is 0 Å². The Kier molecular flexibility index (Phi) is 2.73. The highest BCUT2D eigenvalue weighted by atomic mass is 79.9. The van der Waals surface area contributed by atoms with Gasteiger partial charge < -0.3 is 4.74 Å². The van der Waals surface area contributed by atoms with Gasteiger partial charge in [0.2, 0.25) is 0 Å². The monoisotopic (exact) mass is 269 g/mol. The summed E-state index contributed by atoms with van der Waals surface area (Å²) in [6, 6.07) is 7.24. The van der Waals surface area contributed by atoms with Crippen LogP contribution < -0.4 is 4.90 Å². The maximum absolute atomic E-state index is 11.5. The van der Waals surface area contributed by atoms with Gasteiger partial charge in [0, 0.05) is 10.2 Å². The molecule has 4 nitrogen and oxygen atoms in total. The Labute approximate surface area is 94.9 Å². The van der Waals surface area contributed by atoms with E-state index in [4.69, 9.17) is 0 Å². The van der Waals surface area contributed by atoms with Crippen molar-refractivity contribution in [2.75, 3.05) is 18.1 Å². The van der Waals surface area contributed by atoms with Crippen LogP contribution in [0.4, 0.5) is 5.69 Å². The number of rotatable bonds is 1.